The summed E-state index contributed by atoms with van der Waals surface area (Å²) in [5, 5.41) is 8.12. The number of oxazole rings is 1. The Bertz CT molecular complexity index is 1070. The average molecular weight is 454 g/mol. The maximum atomic E-state index is 12.4. The highest BCUT2D eigenvalue weighted by Gasteiger charge is 2.12. The van der Waals surface area contributed by atoms with Crippen molar-refractivity contribution in [1.82, 2.24) is 10.3 Å². The Morgan fingerprint density at radius 1 is 1.15 bits per heavy atom. The molecule has 174 valence electrons. The number of nitrogens with two attached hydrogens (primary N) is 2. The van der Waals surface area contributed by atoms with Gasteiger partial charge < -0.3 is 41.3 Å². The number of rotatable bonds is 9. The van der Waals surface area contributed by atoms with Crippen LogP contribution in [0, 0.1) is 0 Å². The minimum atomic E-state index is -0.599. The summed E-state index contributed by atoms with van der Waals surface area (Å²) in [5.74, 6) is 1.08. The zero-order valence-corrected chi connectivity index (χ0v) is 18.0. The van der Waals surface area contributed by atoms with Gasteiger partial charge in [-0.25, -0.2) is 14.6 Å². The highest BCUT2D eigenvalue weighted by molar-refractivity contribution is 6.00. The van der Waals surface area contributed by atoms with E-state index in [1.165, 1.54) is 13.5 Å². The summed E-state index contributed by atoms with van der Waals surface area (Å²) in [7, 11) is 1.53. The van der Waals surface area contributed by atoms with Crippen LogP contribution in [0.25, 0.3) is 11.3 Å². The lowest BCUT2D eigenvalue weighted by molar-refractivity contribution is 0.139. The van der Waals surface area contributed by atoms with Gasteiger partial charge in [0.15, 0.2) is 12.2 Å². The molecule has 0 bridgehead atoms. The molecule has 0 radical (unpaired) electrons. The van der Waals surface area contributed by atoms with E-state index in [1.54, 1.807) is 42.6 Å². The van der Waals surface area contributed by atoms with Gasteiger partial charge in [0, 0.05) is 30.5 Å². The average Bonchev–Trinajstić information content (AvgIpc) is 3.36. The Kier molecular flexibility index (Phi) is 8.22. The van der Waals surface area contributed by atoms with Gasteiger partial charge in [-0.3, -0.25) is 0 Å². The minimum Gasteiger partial charge on any atom is -0.496 e. The van der Waals surface area contributed by atoms with Crippen molar-refractivity contribution in [3.05, 3.63) is 60.6 Å². The van der Waals surface area contributed by atoms with Crippen molar-refractivity contribution in [2.45, 2.75) is 12.6 Å². The first-order valence-corrected chi connectivity index (χ1v) is 10.1. The number of amides is 3. The number of anilines is 2. The number of methoxy groups -OCH3 is 1. The lowest BCUT2D eigenvalue weighted by atomic mass is 10.1. The van der Waals surface area contributed by atoms with Crippen LogP contribution in [0.5, 0.6) is 5.75 Å². The molecular formula is C22H26N6O5. The van der Waals surface area contributed by atoms with Crippen LogP contribution in [-0.2, 0) is 11.3 Å². The molecule has 3 aromatic rings. The molecule has 1 atom stereocenters. The number of carbonyl (C=O) groups is 2. The molecule has 33 heavy (non-hydrogen) atoms. The van der Waals surface area contributed by atoms with Gasteiger partial charge >= 0.3 is 12.1 Å². The number of urea groups is 1. The topological polar surface area (TPSA) is 167 Å². The summed E-state index contributed by atoms with van der Waals surface area (Å²) in [5.41, 5.74) is 13.6. The van der Waals surface area contributed by atoms with Gasteiger partial charge in [-0.1, -0.05) is 12.1 Å². The zero-order chi connectivity index (χ0) is 23.6. The smallest absolute Gasteiger partial charge is 0.407 e. The van der Waals surface area contributed by atoms with Crippen molar-refractivity contribution in [3.63, 3.8) is 0 Å². The van der Waals surface area contributed by atoms with Crippen LogP contribution in [-0.4, -0.2) is 43.4 Å². The van der Waals surface area contributed by atoms with Crippen LogP contribution in [0.2, 0.25) is 0 Å². The van der Waals surface area contributed by atoms with Crippen molar-refractivity contribution in [2.24, 2.45) is 11.5 Å². The normalized spacial score (nSPS) is 11.4. The second-order valence-electron chi connectivity index (χ2n) is 7.01. The Labute approximate surface area is 190 Å². The number of benzene rings is 2. The van der Waals surface area contributed by atoms with Crippen molar-refractivity contribution in [2.75, 3.05) is 30.9 Å². The third-order valence-electron chi connectivity index (χ3n) is 4.51. The van der Waals surface area contributed by atoms with E-state index in [2.05, 4.69) is 20.9 Å². The van der Waals surface area contributed by atoms with Gasteiger partial charge in [-0.15, -0.1) is 0 Å². The molecule has 11 nitrogen and oxygen atoms in total. The Hall–Kier alpha value is -4.09. The van der Waals surface area contributed by atoms with Gasteiger partial charge in [0.1, 0.15) is 12.4 Å². The summed E-state index contributed by atoms with van der Waals surface area (Å²) in [6.07, 6.45) is 2.31. The van der Waals surface area contributed by atoms with Crippen LogP contribution < -0.4 is 32.2 Å². The van der Waals surface area contributed by atoms with Crippen LogP contribution in [0.1, 0.15) is 5.56 Å². The van der Waals surface area contributed by atoms with Crippen LogP contribution in [0.4, 0.5) is 21.0 Å². The Morgan fingerprint density at radius 3 is 2.64 bits per heavy atom. The molecule has 2 aromatic carbocycles. The minimum absolute atomic E-state index is 0.0360. The molecule has 0 aliphatic rings. The summed E-state index contributed by atoms with van der Waals surface area (Å²) in [4.78, 5) is 28.1. The number of nitrogens with zero attached hydrogens (tertiary/aromatic N) is 1. The highest BCUT2D eigenvalue weighted by atomic mass is 16.5. The molecule has 3 amide bonds. The molecule has 0 spiro atoms. The molecule has 1 heterocycles. The van der Waals surface area contributed by atoms with Crippen LogP contribution in [0.3, 0.4) is 0 Å². The largest absolute Gasteiger partial charge is 0.496 e. The fourth-order valence-electron chi connectivity index (χ4n) is 2.85. The number of ether oxygens (including phenoxy) is 2. The van der Waals surface area contributed by atoms with Crippen molar-refractivity contribution in [3.8, 4) is 17.1 Å². The Balaban J connectivity index is 1.55. The van der Waals surface area contributed by atoms with E-state index in [-0.39, 0.29) is 19.7 Å². The second-order valence-corrected chi connectivity index (χ2v) is 7.01. The second kappa shape index (κ2) is 11.5. The van der Waals surface area contributed by atoms with E-state index in [0.29, 0.717) is 28.4 Å². The third-order valence-corrected chi connectivity index (χ3v) is 4.51. The highest BCUT2D eigenvalue weighted by Crippen LogP contribution is 2.32. The number of hydrogen-bond donors (Lipinski definition) is 5. The third kappa shape index (κ3) is 6.95. The monoisotopic (exact) mass is 454 g/mol. The van der Waals surface area contributed by atoms with E-state index >= 15 is 0 Å². The van der Waals surface area contributed by atoms with Gasteiger partial charge in [-0.05, 0) is 29.8 Å². The quantitative estimate of drug-likeness (QED) is 0.329. The van der Waals surface area contributed by atoms with Crippen molar-refractivity contribution >= 4 is 23.5 Å². The fourth-order valence-corrected chi connectivity index (χ4v) is 2.85. The number of nitrogens with one attached hydrogen (secondary N) is 3. The van der Waals surface area contributed by atoms with E-state index in [9.17, 15) is 9.59 Å². The molecule has 0 saturated carbocycles. The molecule has 0 saturated heterocycles. The molecule has 0 aliphatic heterocycles. The van der Waals surface area contributed by atoms with Crippen LogP contribution in [0.15, 0.2) is 59.5 Å². The van der Waals surface area contributed by atoms with Gasteiger partial charge in [0.25, 0.3) is 0 Å². The van der Waals surface area contributed by atoms with Crippen molar-refractivity contribution < 1.29 is 23.5 Å². The molecular weight excluding hydrogens is 428 g/mol. The predicted octanol–water partition coefficient (Wildman–Crippen LogP) is 2.51. The van der Waals surface area contributed by atoms with Gasteiger partial charge in [0.2, 0.25) is 0 Å². The van der Waals surface area contributed by atoms with E-state index in [1.807, 2.05) is 6.07 Å². The van der Waals surface area contributed by atoms with Crippen LogP contribution >= 0.6 is 0 Å². The molecule has 3 rings (SSSR count). The number of aromatic nitrogens is 1. The maximum absolute atomic E-state index is 12.4. The van der Waals surface area contributed by atoms with E-state index in [4.69, 9.17) is 25.4 Å². The van der Waals surface area contributed by atoms with Gasteiger partial charge in [0.05, 0.1) is 24.9 Å². The lowest BCUT2D eigenvalue weighted by Gasteiger charge is -2.12. The van der Waals surface area contributed by atoms with Gasteiger partial charge in [-0.2, -0.15) is 0 Å². The lowest BCUT2D eigenvalue weighted by Crippen LogP contribution is -2.37. The van der Waals surface area contributed by atoms with E-state index in [0.717, 1.165) is 5.56 Å². The number of carbonyl (C=O) groups excluding carboxylic acids is 2. The van der Waals surface area contributed by atoms with E-state index < -0.39 is 18.2 Å². The molecule has 1 aromatic heterocycles. The summed E-state index contributed by atoms with van der Waals surface area (Å²) < 4.78 is 15.7. The van der Waals surface area contributed by atoms with Crippen molar-refractivity contribution in [1.29, 1.82) is 0 Å². The number of alkyl carbamates (subject to hydrolysis) is 1. The Morgan fingerprint density at radius 2 is 1.94 bits per heavy atom. The SMILES string of the molecule is COc1cc(NC(=O)Nc2cccc(CNC(=O)OC[C@H](N)CN)c2)ccc1-c1cnco1. The molecule has 0 aliphatic carbocycles. The molecule has 7 N–H and O–H groups in total. The summed E-state index contributed by atoms with van der Waals surface area (Å²) in [6.45, 7) is 0.476. The first-order chi connectivity index (χ1) is 16.0. The predicted molar refractivity (Wildman–Crippen MR) is 123 cm³/mol. The molecule has 11 heteroatoms. The fraction of sp³-hybridized carbons (Fsp3) is 0.227. The summed E-state index contributed by atoms with van der Waals surface area (Å²) >= 11 is 0. The first-order valence-electron chi connectivity index (χ1n) is 10.1. The molecule has 0 unspecified atom stereocenters. The standard InChI is InChI=1S/C22H26N6O5/c1-31-19-8-17(5-6-18(19)20-11-25-13-33-20)28-21(29)27-16-4-2-3-14(7-16)10-26-22(30)32-12-15(24)9-23/h2-8,11,13,15H,9-10,12,23-24H2,1H3,(H,26,30)(H2,27,28,29)/t15-/m1/s1. The molecule has 0 fully saturated rings. The summed E-state index contributed by atoms with van der Waals surface area (Å²) in [6, 6.07) is 11.4. The maximum Gasteiger partial charge on any atom is 0.407 e. The number of hydrogen-bond acceptors (Lipinski definition) is 8. The zero-order valence-electron chi connectivity index (χ0n) is 18.0. The first kappa shape index (κ1) is 23.6.